The molecule has 0 saturated heterocycles. The topological polar surface area (TPSA) is 56.0 Å². The molecule has 0 amide bonds. The van der Waals surface area contributed by atoms with Gasteiger partial charge in [-0.05, 0) is 18.2 Å². The lowest BCUT2D eigenvalue weighted by molar-refractivity contribution is 0.961. The minimum atomic E-state index is 0.653. The van der Waals surface area contributed by atoms with Gasteiger partial charge in [-0.2, -0.15) is 9.61 Å². The summed E-state index contributed by atoms with van der Waals surface area (Å²) in [6, 6.07) is 13.7. The molecule has 102 valence electrons. The molecule has 0 aliphatic carbocycles. The van der Waals surface area contributed by atoms with Gasteiger partial charge in [0, 0.05) is 16.2 Å². The molecule has 0 fully saturated rings. The van der Waals surface area contributed by atoms with Crippen molar-refractivity contribution < 1.29 is 0 Å². The van der Waals surface area contributed by atoms with E-state index in [9.17, 15) is 0 Å². The first-order valence-electron chi connectivity index (χ1n) is 6.21. The van der Waals surface area contributed by atoms with Crippen LogP contribution in [-0.4, -0.2) is 24.8 Å². The molecule has 0 N–H and O–H groups in total. The molecule has 5 nitrogen and oxygen atoms in total. The molecule has 0 saturated carbocycles. The monoisotopic (exact) mass is 357 g/mol. The van der Waals surface area contributed by atoms with Crippen molar-refractivity contribution in [1.29, 1.82) is 0 Å². The number of halogens is 1. The molecule has 0 aliphatic heterocycles. The predicted molar refractivity (Wildman–Crippen MR) is 85.0 cm³/mol. The average molecular weight is 358 g/mol. The summed E-state index contributed by atoms with van der Waals surface area (Å²) in [7, 11) is 0. The van der Waals surface area contributed by atoms with Gasteiger partial charge in [0.2, 0.25) is 10.8 Å². The van der Waals surface area contributed by atoms with Gasteiger partial charge >= 0.3 is 0 Å². The summed E-state index contributed by atoms with van der Waals surface area (Å²) in [6.45, 7) is 0. The molecular formula is C14H8BrN5S. The fourth-order valence-electron chi connectivity index (χ4n) is 2.02. The molecular weight excluding hydrogens is 350 g/mol. The van der Waals surface area contributed by atoms with Gasteiger partial charge in [0.15, 0.2) is 0 Å². The Kier molecular flexibility index (Phi) is 3.01. The van der Waals surface area contributed by atoms with Crippen molar-refractivity contribution in [3.8, 4) is 22.1 Å². The van der Waals surface area contributed by atoms with E-state index >= 15 is 0 Å². The van der Waals surface area contributed by atoms with Crippen LogP contribution in [0.4, 0.5) is 0 Å². The Bertz CT molecular complexity index is 915. The van der Waals surface area contributed by atoms with Gasteiger partial charge < -0.3 is 0 Å². The minimum absolute atomic E-state index is 0.653. The van der Waals surface area contributed by atoms with Gasteiger partial charge in [-0.25, -0.2) is 0 Å². The first-order chi connectivity index (χ1) is 10.3. The van der Waals surface area contributed by atoms with E-state index < -0.39 is 0 Å². The molecule has 0 unspecified atom stereocenters. The van der Waals surface area contributed by atoms with Crippen LogP contribution in [0.15, 0.2) is 53.1 Å². The van der Waals surface area contributed by atoms with Crippen LogP contribution in [0.5, 0.6) is 0 Å². The van der Waals surface area contributed by atoms with Gasteiger partial charge in [0.1, 0.15) is 10.7 Å². The Morgan fingerprint density at radius 3 is 2.67 bits per heavy atom. The first kappa shape index (κ1) is 12.6. The van der Waals surface area contributed by atoms with Crippen molar-refractivity contribution in [3.05, 3.63) is 53.1 Å². The van der Waals surface area contributed by atoms with Crippen LogP contribution in [0.2, 0.25) is 0 Å². The zero-order chi connectivity index (χ0) is 14.2. The summed E-state index contributed by atoms with van der Waals surface area (Å²) >= 11 is 5.05. The van der Waals surface area contributed by atoms with E-state index in [1.165, 1.54) is 11.3 Å². The van der Waals surface area contributed by atoms with Crippen molar-refractivity contribution in [3.63, 3.8) is 0 Å². The van der Waals surface area contributed by atoms with E-state index in [0.717, 1.165) is 25.7 Å². The highest BCUT2D eigenvalue weighted by Crippen LogP contribution is 2.32. The maximum atomic E-state index is 4.62. The van der Waals surface area contributed by atoms with Crippen LogP contribution in [0.3, 0.4) is 0 Å². The fraction of sp³-hybridized carbons (Fsp3) is 0. The molecule has 0 atom stereocenters. The zero-order valence-electron chi connectivity index (χ0n) is 10.6. The molecule has 3 aromatic heterocycles. The molecule has 3 heterocycles. The standard InChI is InChI=1S/C14H8BrN5S/c15-10-6-2-1-5-9(10)13-19-20-12(17-18-14(20)21-13)11-7-3-4-8-16-11/h1-8H. The minimum Gasteiger partial charge on any atom is -0.253 e. The summed E-state index contributed by atoms with van der Waals surface area (Å²) in [5, 5.41) is 13.9. The lowest BCUT2D eigenvalue weighted by atomic mass is 10.2. The summed E-state index contributed by atoms with van der Waals surface area (Å²) in [4.78, 5) is 5.05. The molecule has 4 aromatic rings. The van der Waals surface area contributed by atoms with E-state index in [1.807, 2.05) is 42.5 Å². The van der Waals surface area contributed by atoms with Crippen LogP contribution in [0.25, 0.3) is 27.1 Å². The summed E-state index contributed by atoms with van der Waals surface area (Å²) in [5.41, 5.74) is 1.80. The number of benzene rings is 1. The summed E-state index contributed by atoms with van der Waals surface area (Å²) in [5.74, 6) is 0.653. The number of rotatable bonds is 2. The van der Waals surface area contributed by atoms with Gasteiger partial charge in [-0.1, -0.05) is 51.5 Å². The first-order valence-corrected chi connectivity index (χ1v) is 7.82. The molecule has 7 heteroatoms. The molecule has 0 radical (unpaired) electrons. The van der Waals surface area contributed by atoms with Crippen molar-refractivity contribution in [1.82, 2.24) is 24.8 Å². The summed E-state index contributed by atoms with van der Waals surface area (Å²) < 4.78 is 2.75. The Hall–Kier alpha value is -2.12. The Balaban J connectivity index is 1.89. The quantitative estimate of drug-likeness (QED) is 0.549. The number of fused-ring (bicyclic) bond motifs is 1. The lowest BCUT2D eigenvalue weighted by Crippen LogP contribution is -1.92. The fourth-order valence-corrected chi connectivity index (χ4v) is 3.50. The smallest absolute Gasteiger partial charge is 0.235 e. The predicted octanol–water partition coefficient (Wildman–Crippen LogP) is 3.68. The van der Waals surface area contributed by atoms with Crippen molar-refractivity contribution in [2.75, 3.05) is 0 Å². The van der Waals surface area contributed by atoms with E-state index in [2.05, 4.69) is 36.2 Å². The maximum absolute atomic E-state index is 4.62. The van der Waals surface area contributed by atoms with Crippen LogP contribution in [-0.2, 0) is 0 Å². The van der Waals surface area contributed by atoms with E-state index in [0.29, 0.717) is 5.82 Å². The van der Waals surface area contributed by atoms with E-state index in [-0.39, 0.29) is 0 Å². The SMILES string of the molecule is Brc1ccccc1-c1nn2c(-c3ccccn3)nnc2s1. The third kappa shape index (κ3) is 2.14. The van der Waals surface area contributed by atoms with Crippen LogP contribution in [0.1, 0.15) is 0 Å². The highest BCUT2D eigenvalue weighted by Gasteiger charge is 2.15. The second-order valence-electron chi connectivity index (χ2n) is 4.32. The highest BCUT2D eigenvalue weighted by molar-refractivity contribution is 9.10. The van der Waals surface area contributed by atoms with Crippen LogP contribution < -0.4 is 0 Å². The second-order valence-corrected chi connectivity index (χ2v) is 6.13. The molecule has 0 spiro atoms. The van der Waals surface area contributed by atoms with Gasteiger partial charge in [-0.15, -0.1) is 10.2 Å². The normalized spacial score (nSPS) is 11.1. The van der Waals surface area contributed by atoms with Gasteiger partial charge in [0.05, 0.1) is 0 Å². The van der Waals surface area contributed by atoms with Crippen molar-refractivity contribution in [2.45, 2.75) is 0 Å². The Morgan fingerprint density at radius 2 is 1.86 bits per heavy atom. The third-order valence-corrected chi connectivity index (χ3v) is 4.61. The van der Waals surface area contributed by atoms with Crippen LogP contribution in [0, 0.1) is 0 Å². The molecule has 4 rings (SSSR count). The third-order valence-electron chi connectivity index (χ3n) is 2.99. The van der Waals surface area contributed by atoms with E-state index in [4.69, 9.17) is 0 Å². The Morgan fingerprint density at radius 1 is 1.00 bits per heavy atom. The Labute approximate surface area is 132 Å². The number of hydrogen-bond acceptors (Lipinski definition) is 5. The number of aromatic nitrogens is 5. The number of hydrogen-bond donors (Lipinski definition) is 0. The molecule has 0 bridgehead atoms. The zero-order valence-corrected chi connectivity index (χ0v) is 13.0. The average Bonchev–Trinajstić information content (AvgIpc) is 3.08. The van der Waals surface area contributed by atoms with E-state index in [1.54, 1.807) is 10.7 Å². The largest absolute Gasteiger partial charge is 0.253 e. The second kappa shape index (κ2) is 5.01. The molecule has 21 heavy (non-hydrogen) atoms. The lowest BCUT2D eigenvalue weighted by Gasteiger charge is -1.98. The van der Waals surface area contributed by atoms with Crippen molar-refractivity contribution in [2.24, 2.45) is 0 Å². The van der Waals surface area contributed by atoms with Crippen molar-refractivity contribution >= 4 is 32.2 Å². The maximum Gasteiger partial charge on any atom is 0.235 e. The molecule has 1 aromatic carbocycles. The number of pyridine rings is 1. The highest BCUT2D eigenvalue weighted by atomic mass is 79.9. The number of nitrogens with zero attached hydrogens (tertiary/aromatic N) is 5. The van der Waals surface area contributed by atoms with Gasteiger partial charge in [0.25, 0.3) is 0 Å². The molecule has 0 aliphatic rings. The van der Waals surface area contributed by atoms with Crippen LogP contribution >= 0.6 is 27.3 Å². The van der Waals surface area contributed by atoms with Gasteiger partial charge in [-0.3, -0.25) is 4.98 Å². The summed E-state index contributed by atoms with van der Waals surface area (Å²) in [6.07, 6.45) is 1.73.